The lowest BCUT2D eigenvalue weighted by atomic mass is 10.2. The van der Waals surface area contributed by atoms with E-state index in [1.165, 1.54) is 42.5 Å². The molecule has 0 unspecified atom stereocenters. The Morgan fingerprint density at radius 1 is 1.03 bits per heavy atom. The summed E-state index contributed by atoms with van der Waals surface area (Å²) in [6, 6.07) is 10.5. The maximum absolute atomic E-state index is 12.0. The number of carbonyl (C=O) groups excluding carboxylic acids is 2. The highest BCUT2D eigenvalue weighted by Crippen LogP contribution is 2.20. The molecule has 0 saturated heterocycles. The second-order valence-electron chi connectivity index (χ2n) is 5.97. The fourth-order valence-corrected chi connectivity index (χ4v) is 2.37. The van der Waals surface area contributed by atoms with Gasteiger partial charge in [0.2, 0.25) is 5.82 Å². The summed E-state index contributed by atoms with van der Waals surface area (Å²) in [5.41, 5.74) is 0.145. The molecule has 0 fully saturated rings. The van der Waals surface area contributed by atoms with Crippen LogP contribution in [0.25, 0.3) is 11.4 Å². The smallest absolute Gasteiger partial charge is 0.325 e. The molecule has 0 saturated carbocycles. The van der Waals surface area contributed by atoms with Crippen LogP contribution in [0.4, 0.5) is 11.4 Å². The zero-order valence-electron chi connectivity index (χ0n) is 15.6. The highest BCUT2D eigenvalue weighted by Gasteiger charge is 2.15. The summed E-state index contributed by atoms with van der Waals surface area (Å²) in [6.45, 7) is -0.837. The summed E-state index contributed by atoms with van der Waals surface area (Å²) < 4.78 is 9.88. The van der Waals surface area contributed by atoms with Crippen LogP contribution in [-0.4, -0.2) is 38.4 Å². The minimum atomic E-state index is -0.797. The van der Waals surface area contributed by atoms with Gasteiger partial charge in [0.05, 0.1) is 9.85 Å². The molecule has 0 radical (unpaired) electrons. The summed E-state index contributed by atoms with van der Waals surface area (Å²) >= 11 is 0. The van der Waals surface area contributed by atoms with Crippen molar-refractivity contribution in [2.24, 2.45) is 0 Å². The number of amides is 1. The number of ether oxygens (including phenoxy) is 1. The molecule has 31 heavy (non-hydrogen) atoms. The number of esters is 1. The van der Waals surface area contributed by atoms with Gasteiger partial charge in [-0.2, -0.15) is 4.98 Å². The second kappa shape index (κ2) is 9.21. The lowest BCUT2D eigenvalue weighted by Gasteiger charge is -2.05. The Morgan fingerprint density at radius 3 is 2.42 bits per heavy atom. The largest absolute Gasteiger partial charge is 0.454 e. The predicted octanol–water partition coefficient (Wildman–Crippen LogP) is 2.03. The van der Waals surface area contributed by atoms with Crippen molar-refractivity contribution >= 4 is 23.3 Å². The van der Waals surface area contributed by atoms with Gasteiger partial charge in [0.1, 0.15) is 6.54 Å². The number of nitrogens with one attached hydrogen (secondary N) is 1. The fourth-order valence-electron chi connectivity index (χ4n) is 2.37. The second-order valence-corrected chi connectivity index (χ2v) is 5.97. The molecular weight excluding hydrogens is 414 g/mol. The van der Waals surface area contributed by atoms with E-state index in [1.54, 1.807) is 0 Å². The SMILES string of the molecule is O=C(CNC(=O)c1cccc([N+](=O)[O-])c1)OCc1nc(-c2ccc([N+](=O)[O-])cc2)no1. The first-order valence-corrected chi connectivity index (χ1v) is 8.59. The van der Waals surface area contributed by atoms with E-state index in [2.05, 4.69) is 15.5 Å². The van der Waals surface area contributed by atoms with Gasteiger partial charge in [-0.25, -0.2) is 0 Å². The number of hydrogen-bond acceptors (Lipinski definition) is 10. The fraction of sp³-hybridized carbons (Fsp3) is 0.111. The molecule has 0 aliphatic carbocycles. The number of non-ortho nitro benzene ring substituents is 2. The zero-order valence-corrected chi connectivity index (χ0v) is 15.6. The Hall–Kier alpha value is -4.68. The number of nitrogens with zero attached hydrogens (tertiary/aromatic N) is 4. The Kier molecular flexibility index (Phi) is 6.25. The van der Waals surface area contributed by atoms with Crippen molar-refractivity contribution in [1.82, 2.24) is 15.5 Å². The Labute approximate surface area is 172 Å². The van der Waals surface area contributed by atoms with Gasteiger partial charge in [-0.05, 0) is 18.2 Å². The van der Waals surface area contributed by atoms with Crippen molar-refractivity contribution in [3.05, 3.63) is 80.2 Å². The molecule has 13 nitrogen and oxygen atoms in total. The van der Waals surface area contributed by atoms with Crippen LogP contribution in [0.3, 0.4) is 0 Å². The third-order valence-electron chi connectivity index (χ3n) is 3.87. The molecule has 158 valence electrons. The number of carbonyl (C=O) groups is 2. The minimum absolute atomic E-state index is 0.0200. The first-order chi connectivity index (χ1) is 14.8. The van der Waals surface area contributed by atoms with Crippen molar-refractivity contribution in [3.8, 4) is 11.4 Å². The molecule has 0 bridgehead atoms. The molecule has 0 aliphatic heterocycles. The normalized spacial score (nSPS) is 10.3. The molecule has 0 spiro atoms. The van der Waals surface area contributed by atoms with Crippen LogP contribution in [0.2, 0.25) is 0 Å². The van der Waals surface area contributed by atoms with Gasteiger partial charge in [0, 0.05) is 35.4 Å². The van der Waals surface area contributed by atoms with Gasteiger partial charge in [-0.15, -0.1) is 0 Å². The maximum atomic E-state index is 12.0. The van der Waals surface area contributed by atoms with Crippen LogP contribution in [-0.2, 0) is 16.1 Å². The topological polar surface area (TPSA) is 181 Å². The lowest BCUT2D eigenvalue weighted by molar-refractivity contribution is -0.385. The average molecular weight is 427 g/mol. The van der Waals surface area contributed by atoms with Crippen LogP contribution in [0, 0.1) is 20.2 Å². The molecule has 0 atom stereocenters. The molecule has 1 N–H and O–H groups in total. The Bertz CT molecular complexity index is 1140. The van der Waals surface area contributed by atoms with Gasteiger partial charge in [0.15, 0.2) is 6.61 Å². The quantitative estimate of drug-likeness (QED) is 0.317. The van der Waals surface area contributed by atoms with Crippen LogP contribution in [0.1, 0.15) is 16.2 Å². The third-order valence-corrected chi connectivity index (χ3v) is 3.87. The van der Waals surface area contributed by atoms with Gasteiger partial charge < -0.3 is 14.6 Å². The van der Waals surface area contributed by atoms with Crippen molar-refractivity contribution in [1.29, 1.82) is 0 Å². The van der Waals surface area contributed by atoms with Crippen molar-refractivity contribution in [2.45, 2.75) is 6.61 Å². The average Bonchev–Trinajstić information content (AvgIpc) is 3.25. The van der Waals surface area contributed by atoms with E-state index in [0.29, 0.717) is 5.56 Å². The van der Waals surface area contributed by atoms with E-state index in [4.69, 9.17) is 9.26 Å². The summed E-state index contributed by atoms with van der Waals surface area (Å²) in [7, 11) is 0. The van der Waals surface area contributed by atoms with Crippen molar-refractivity contribution < 1.29 is 28.7 Å². The van der Waals surface area contributed by atoms with E-state index < -0.39 is 28.3 Å². The molecule has 0 aliphatic rings. The van der Waals surface area contributed by atoms with Crippen LogP contribution in [0.15, 0.2) is 53.1 Å². The molecule has 2 aromatic carbocycles. The lowest BCUT2D eigenvalue weighted by Crippen LogP contribution is -2.30. The monoisotopic (exact) mass is 427 g/mol. The number of hydrogen-bond donors (Lipinski definition) is 1. The predicted molar refractivity (Wildman–Crippen MR) is 102 cm³/mol. The number of nitro benzene ring substituents is 2. The van der Waals surface area contributed by atoms with Crippen LogP contribution < -0.4 is 5.32 Å². The van der Waals surface area contributed by atoms with Crippen molar-refractivity contribution in [2.75, 3.05) is 6.54 Å². The van der Waals surface area contributed by atoms with Gasteiger partial charge in [-0.1, -0.05) is 11.2 Å². The van der Waals surface area contributed by atoms with Gasteiger partial charge in [-0.3, -0.25) is 29.8 Å². The van der Waals surface area contributed by atoms with E-state index in [0.717, 1.165) is 6.07 Å². The third kappa shape index (κ3) is 5.44. The molecule has 1 heterocycles. The number of benzene rings is 2. The standard InChI is InChI=1S/C18H13N5O8/c24-16(9-19-18(25)12-2-1-3-14(8-12)23(28)29)30-10-15-20-17(21-31-15)11-4-6-13(7-5-11)22(26)27/h1-8H,9-10H2,(H,19,25). The highest BCUT2D eigenvalue weighted by atomic mass is 16.6. The first kappa shape index (κ1) is 21.0. The van der Waals surface area contributed by atoms with E-state index in [1.807, 2.05) is 0 Å². The molecule has 3 aromatic rings. The van der Waals surface area contributed by atoms with Crippen LogP contribution in [0.5, 0.6) is 0 Å². The van der Waals surface area contributed by atoms with Gasteiger partial charge in [0.25, 0.3) is 23.2 Å². The van der Waals surface area contributed by atoms with Crippen LogP contribution >= 0.6 is 0 Å². The number of aromatic nitrogens is 2. The maximum Gasteiger partial charge on any atom is 0.325 e. The number of rotatable bonds is 8. The van der Waals surface area contributed by atoms with E-state index in [-0.39, 0.29) is 35.3 Å². The summed E-state index contributed by atoms with van der Waals surface area (Å²) in [6.07, 6.45) is 0. The molecular formula is C18H13N5O8. The molecule has 3 rings (SSSR count). The molecule has 1 aromatic heterocycles. The highest BCUT2D eigenvalue weighted by molar-refractivity contribution is 5.96. The number of nitro groups is 2. The first-order valence-electron chi connectivity index (χ1n) is 8.59. The minimum Gasteiger partial charge on any atom is -0.454 e. The molecule has 13 heteroatoms. The van der Waals surface area contributed by atoms with Gasteiger partial charge >= 0.3 is 5.97 Å². The summed E-state index contributed by atoms with van der Waals surface area (Å²) in [4.78, 5) is 48.1. The Balaban J connectivity index is 1.50. The molecule has 1 amide bonds. The van der Waals surface area contributed by atoms with Crippen molar-refractivity contribution in [3.63, 3.8) is 0 Å². The zero-order chi connectivity index (χ0) is 22.4. The Morgan fingerprint density at radius 2 is 1.74 bits per heavy atom. The summed E-state index contributed by atoms with van der Waals surface area (Å²) in [5, 5.41) is 27.4. The van der Waals surface area contributed by atoms with E-state index in [9.17, 15) is 29.8 Å². The van der Waals surface area contributed by atoms with E-state index >= 15 is 0 Å². The summed E-state index contributed by atoms with van der Waals surface area (Å²) in [5.74, 6) is -1.35.